The van der Waals surface area contributed by atoms with Crippen LogP contribution in [0.4, 0.5) is 0 Å². The van der Waals surface area contributed by atoms with E-state index in [0.717, 1.165) is 33.0 Å². The maximum absolute atomic E-state index is 11.3. The second-order valence-corrected chi connectivity index (χ2v) is 33.7. The van der Waals surface area contributed by atoms with E-state index in [-0.39, 0.29) is 90.0 Å². The standard InChI is InChI=1S/C18H30O4S2.C9H15ClO4S.C9H16O5S.C2H4O2.Cl3OP.2Na/c1-15(2)19-11-13(21-15)9-17(5-6-17)23-24-18(7-8-18)10-14-12-20-16(3,4)22-14;2*1-8(2)13-6-7(14-8)5-9(3-4-9)15(10,11)12;1-2(3)4;1-5(2,3)4;;/h13-14H,5-12H2,1-4H3;7H,3-6H2,1-2H3;7H,3-6H2,1-2H3,(H,10,11,12);1H3,(H,3,4);;;/q;;;;;2*+1/p-2/t13-,14-;2*7-;;;;/m000..../s1. The number of hydrogen-bond acceptors (Lipinski definition) is 18. The van der Waals surface area contributed by atoms with Crippen molar-refractivity contribution in [1.29, 1.82) is 0 Å². The minimum absolute atomic E-state index is 0. The molecule has 0 amide bonds. The Kier molecular flexibility index (Phi) is 23.9. The van der Waals surface area contributed by atoms with Gasteiger partial charge in [0.25, 0.3) is 0 Å². The second kappa shape index (κ2) is 24.2. The summed E-state index contributed by atoms with van der Waals surface area (Å²) in [6.07, 6.45) is 10.5. The van der Waals surface area contributed by atoms with Crippen LogP contribution in [0, 0.1) is 0 Å². The number of carboxylic acids is 1. The largest absolute Gasteiger partial charge is 1.00 e. The first-order valence-corrected chi connectivity index (χ1v) is 31.1. The van der Waals surface area contributed by atoms with E-state index in [0.29, 0.717) is 54.8 Å². The number of carboxylic acid groups (broad SMARTS) is 1. The van der Waals surface area contributed by atoms with Crippen molar-refractivity contribution >= 4 is 96.3 Å². The van der Waals surface area contributed by atoms with E-state index in [1.54, 1.807) is 13.8 Å². The summed E-state index contributed by atoms with van der Waals surface area (Å²) in [6, 6.07) is 0. The Balaban J connectivity index is 0.000000311. The molecule has 0 spiro atoms. The predicted octanol–water partition coefficient (Wildman–Crippen LogP) is 2.33. The summed E-state index contributed by atoms with van der Waals surface area (Å²) in [5, 5.41) is 5.67. The van der Waals surface area contributed by atoms with Crippen LogP contribution in [0.1, 0.15) is 139 Å². The molecule has 370 valence electrons. The zero-order chi connectivity index (χ0) is 47.8. The summed E-state index contributed by atoms with van der Waals surface area (Å²) < 4.78 is 109. The molecule has 8 rings (SSSR count). The minimum Gasteiger partial charge on any atom is -0.748 e. The zero-order valence-electron chi connectivity index (χ0n) is 39.2. The fraction of sp³-hybridized carbons (Fsp3) is 0.974. The van der Waals surface area contributed by atoms with Crippen LogP contribution in [0.3, 0.4) is 0 Å². The molecular formula is C38H63Cl4Na2O16PS4. The Bertz CT molecular complexity index is 1730. The second-order valence-electron chi connectivity index (χ2n) is 19.3. The van der Waals surface area contributed by atoms with Crippen LogP contribution in [0.25, 0.3) is 0 Å². The van der Waals surface area contributed by atoms with Crippen LogP contribution >= 0.6 is 71.2 Å². The summed E-state index contributed by atoms with van der Waals surface area (Å²) in [5.74, 6) is -3.14. The van der Waals surface area contributed by atoms with Crippen LogP contribution in [-0.2, 0) is 66.4 Å². The van der Waals surface area contributed by atoms with E-state index in [9.17, 15) is 26.0 Å². The Labute approximate surface area is 456 Å². The molecule has 0 aromatic carbocycles. The maximum Gasteiger partial charge on any atom is 1.00 e. The minimum atomic E-state index is -4.20. The summed E-state index contributed by atoms with van der Waals surface area (Å²) >= 11 is 13.8. The average Bonchev–Trinajstić information content (AvgIpc) is 3.98. The third-order valence-corrected chi connectivity index (χ3v) is 19.9. The molecule has 4 heterocycles. The fourth-order valence-electron chi connectivity index (χ4n) is 7.60. The van der Waals surface area contributed by atoms with E-state index in [4.69, 9.17) is 58.5 Å². The molecule has 65 heavy (non-hydrogen) atoms. The Hall–Kier alpha value is 3.10. The van der Waals surface area contributed by atoms with Gasteiger partial charge in [-0.3, -0.25) is 4.57 Å². The molecule has 4 saturated heterocycles. The van der Waals surface area contributed by atoms with Crippen LogP contribution in [0.5, 0.6) is 0 Å². The Morgan fingerprint density at radius 1 is 0.569 bits per heavy atom. The third-order valence-electron chi connectivity index (χ3n) is 11.3. The first-order valence-electron chi connectivity index (χ1n) is 20.8. The van der Waals surface area contributed by atoms with E-state index in [1.807, 2.05) is 41.5 Å². The van der Waals surface area contributed by atoms with Gasteiger partial charge in [0, 0.05) is 26.1 Å². The average molecular weight is 1120 g/mol. The van der Waals surface area contributed by atoms with Crippen LogP contribution in [-0.4, -0.2) is 120 Å². The van der Waals surface area contributed by atoms with Gasteiger partial charge < -0.3 is 52.3 Å². The number of rotatable bonds is 13. The number of aliphatic carboxylic acids is 1. The van der Waals surface area contributed by atoms with Crippen molar-refractivity contribution < 1.29 is 133 Å². The predicted molar refractivity (Wildman–Crippen MR) is 241 cm³/mol. The van der Waals surface area contributed by atoms with Gasteiger partial charge >= 0.3 is 64.3 Å². The molecule has 0 bridgehead atoms. The number of carbonyl (C=O) groups excluding carboxylic acids is 1. The first-order chi connectivity index (χ1) is 28.4. The molecule has 0 aromatic rings. The van der Waals surface area contributed by atoms with E-state index < -0.39 is 63.0 Å². The molecule has 8 aliphatic rings. The monoisotopic (exact) mass is 1120 g/mol. The van der Waals surface area contributed by atoms with Crippen molar-refractivity contribution in [2.24, 2.45) is 0 Å². The summed E-state index contributed by atoms with van der Waals surface area (Å²) in [4.78, 5) is 8.89. The Morgan fingerprint density at radius 2 is 0.800 bits per heavy atom. The quantitative estimate of drug-likeness (QED) is 0.0849. The molecule has 4 aliphatic carbocycles. The van der Waals surface area contributed by atoms with Crippen LogP contribution in [0.2, 0.25) is 0 Å². The molecule has 0 radical (unpaired) electrons. The van der Waals surface area contributed by atoms with Crippen molar-refractivity contribution in [3.8, 4) is 0 Å². The number of hydrogen-bond donors (Lipinski definition) is 0. The Morgan fingerprint density at radius 3 is 0.969 bits per heavy atom. The molecule has 0 N–H and O–H groups in total. The molecule has 4 atom stereocenters. The molecule has 0 unspecified atom stereocenters. The normalized spacial score (nSPS) is 30.3. The van der Waals surface area contributed by atoms with Crippen molar-refractivity contribution in [1.82, 2.24) is 0 Å². The summed E-state index contributed by atoms with van der Waals surface area (Å²) in [5.41, 5.74) is 0. The first kappa shape index (κ1) is 64.2. The molecular weight excluding hydrogens is 1060 g/mol. The SMILES string of the molecule is CC(=O)[O-].CC1(C)OC[C@H](CC2(S(=O)(=O)Cl)CC2)O1.CC1(C)OC[C@H](CC2(S(=O)(=O)[O-])CC2)O1.CC1(C)OC[C@H](CC2(SSC3(C[C@H]4COC(C)(C)O4)CC3)CC2)O1.O=P(Cl)(Cl)Cl.[Na+].[Na+]. The maximum atomic E-state index is 11.3. The van der Waals surface area contributed by atoms with Crippen molar-refractivity contribution in [3.63, 3.8) is 0 Å². The van der Waals surface area contributed by atoms with Gasteiger partial charge in [0.05, 0.1) is 60.3 Å². The van der Waals surface area contributed by atoms with Gasteiger partial charge in [0.15, 0.2) is 23.1 Å². The number of halogens is 4. The van der Waals surface area contributed by atoms with Gasteiger partial charge in [-0.1, -0.05) is 21.6 Å². The molecule has 27 heteroatoms. The molecule has 0 aromatic heterocycles. The third kappa shape index (κ3) is 22.6. The smallest absolute Gasteiger partial charge is 0.748 e. The van der Waals surface area contributed by atoms with E-state index in [1.165, 1.54) is 25.7 Å². The van der Waals surface area contributed by atoms with Gasteiger partial charge in [0.2, 0.25) is 9.05 Å². The molecule has 4 saturated carbocycles. The van der Waals surface area contributed by atoms with Crippen molar-refractivity contribution in [2.45, 2.75) is 206 Å². The van der Waals surface area contributed by atoms with E-state index >= 15 is 0 Å². The summed E-state index contributed by atoms with van der Waals surface area (Å²) in [6.45, 7) is 18.5. The zero-order valence-corrected chi connectivity index (χ0v) is 50.4. The van der Waals surface area contributed by atoms with Gasteiger partial charge in [-0.2, -0.15) is 0 Å². The van der Waals surface area contributed by atoms with Gasteiger partial charge in [0.1, 0.15) is 10.1 Å². The number of carbonyl (C=O) groups is 1. The summed E-state index contributed by atoms with van der Waals surface area (Å²) in [7, 11) is 1.96. The van der Waals surface area contributed by atoms with E-state index in [2.05, 4.69) is 55.3 Å². The van der Waals surface area contributed by atoms with Gasteiger partial charge in [-0.25, -0.2) is 16.8 Å². The van der Waals surface area contributed by atoms with Crippen LogP contribution in [0.15, 0.2) is 0 Å². The number of ether oxygens (including phenoxy) is 8. The molecule has 8 fully saturated rings. The van der Waals surface area contributed by atoms with Crippen LogP contribution < -0.4 is 64.2 Å². The fourth-order valence-corrected chi connectivity index (χ4v) is 14.1. The molecule has 16 nitrogen and oxygen atoms in total. The van der Waals surface area contributed by atoms with Gasteiger partial charge in [-0.05, 0) is 173 Å². The van der Waals surface area contributed by atoms with Gasteiger partial charge in [-0.15, -0.1) is 0 Å². The molecule has 4 aliphatic heterocycles. The van der Waals surface area contributed by atoms with Crippen molar-refractivity contribution in [2.75, 3.05) is 26.4 Å². The van der Waals surface area contributed by atoms with Crippen molar-refractivity contribution in [3.05, 3.63) is 0 Å². The topological polar surface area (TPSA) is 222 Å².